The van der Waals surface area contributed by atoms with E-state index in [1.165, 1.54) is 0 Å². The highest BCUT2D eigenvalue weighted by atomic mass is 16.4. The number of carboxylic acid groups (broad SMARTS) is 1. The first kappa shape index (κ1) is 20.4. The molecule has 0 bridgehead atoms. The molecule has 7 heteroatoms. The lowest BCUT2D eigenvalue weighted by Crippen LogP contribution is -2.08. The number of unbranched alkanes of at least 4 members (excludes halogenated alkanes) is 1. The number of aryl methyl sites for hydroxylation is 1. The van der Waals surface area contributed by atoms with E-state index in [-0.39, 0.29) is 17.2 Å². The number of rotatable bonds is 9. The molecule has 29 heavy (non-hydrogen) atoms. The van der Waals surface area contributed by atoms with Crippen LogP contribution in [0.25, 0.3) is 11.3 Å². The van der Waals surface area contributed by atoms with E-state index in [0.717, 1.165) is 30.7 Å². The molecule has 2 heterocycles. The van der Waals surface area contributed by atoms with Gasteiger partial charge in [0.1, 0.15) is 5.82 Å². The molecular weight excluding hydrogens is 368 g/mol. The smallest absolute Gasteiger partial charge is 0.336 e. The summed E-state index contributed by atoms with van der Waals surface area (Å²) in [6, 6.07) is 10.5. The number of nitrogens with zero attached hydrogens (tertiary/aromatic N) is 4. The summed E-state index contributed by atoms with van der Waals surface area (Å²) in [5.41, 5.74) is 2.29. The number of aromatic nitrogens is 4. The largest absolute Gasteiger partial charge is 0.478 e. The van der Waals surface area contributed by atoms with Gasteiger partial charge in [-0.25, -0.2) is 14.5 Å². The molecule has 7 nitrogen and oxygen atoms in total. The second-order valence-corrected chi connectivity index (χ2v) is 6.79. The molecule has 0 saturated carbocycles. The maximum absolute atomic E-state index is 12.0. The number of carbonyl (C=O) groups is 2. The molecule has 0 aliphatic rings. The third-order valence-corrected chi connectivity index (χ3v) is 4.66. The standard InChI is InChI=1S/C22H24N4O3/c1-3-5-10-20-24-21(19(27)4-2)25-26(20)14-15-11-12-18(23-13-15)16-8-6-7-9-17(16)22(28)29/h6-9,11-13H,3-5,10,14H2,1-2H3,(H,28,29). The van der Waals surface area contributed by atoms with E-state index in [9.17, 15) is 14.7 Å². The van der Waals surface area contributed by atoms with Crippen LogP contribution in [0.3, 0.4) is 0 Å². The Morgan fingerprint density at radius 2 is 1.90 bits per heavy atom. The molecule has 150 valence electrons. The number of hydrogen-bond donors (Lipinski definition) is 1. The molecule has 3 rings (SSSR count). The Morgan fingerprint density at radius 3 is 2.55 bits per heavy atom. The zero-order chi connectivity index (χ0) is 20.8. The molecule has 0 amide bonds. The van der Waals surface area contributed by atoms with Crippen molar-refractivity contribution in [2.24, 2.45) is 0 Å². The average molecular weight is 392 g/mol. The highest BCUT2D eigenvalue weighted by Crippen LogP contribution is 2.22. The Labute approximate surface area is 169 Å². The molecule has 3 aromatic rings. The number of carbonyl (C=O) groups excluding carboxylic acids is 1. The SMILES string of the molecule is CCCCc1nc(C(=O)CC)nn1Cc1ccc(-c2ccccc2C(=O)O)nc1. The number of pyridine rings is 1. The Morgan fingerprint density at radius 1 is 1.10 bits per heavy atom. The van der Waals surface area contributed by atoms with Gasteiger partial charge in [0.15, 0.2) is 0 Å². The van der Waals surface area contributed by atoms with Crippen molar-refractivity contribution >= 4 is 11.8 Å². The molecule has 0 atom stereocenters. The monoisotopic (exact) mass is 392 g/mol. The first-order chi connectivity index (χ1) is 14.0. The second-order valence-electron chi connectivity index (χ2n) is 6.79. The number of aromatic carboxylic acids is 1. The van der Waals surface area contributed by atoms with Gasteiger partial charge in [-0.05, 0) is 24.1 Å². The Balaban J connectivity index is 1.85. The van der Waals surface area contributed by atoms with E-state index in [4.69, 9.17) is 0 Å². The normalized spacial score (nSPS) is 10.8. The fourth-order valence-electron chi connectivity index (χ4n) is 3.04. The van der Waals surface area contributed by atoms with Crippen LogP contribution in [-0.4, -0.2) is 36.6 Å². The molecule has 0 radical (unpaired) electrons. The minimum atomic E-state index is -0.984. The summed E-state index contributed by atoms with van der Waals surface area (Å²) >= 11 is 0. The first-order valence-corrected chi connectivity index (χ1v) is 9.78. The van der Waals surface area contributed by atoms with Crippen LogP contribution in [-0.2, 0) is 13.0 Å². The van der Waals surface area contributed by atoms with Crippen molar-refractivity contribution in [2.75, 3.05) is 0 Å². The highest BCUT2D eigenvalue weighted by molar-refractivity contribution is 5.95. The fraction of sp³-hybridized carbons (Fsp3) is 0.318. The van der Waals surface area contributed by atoms with Crippen LogP contribution in [0, 0.1) is 0 Å². The number of carboxylic acids is 1. The van der Waals surface area contributed by atoms with Gasteiger partial charge in [-0.1, -0.05) is 44.5 Å². The summed E-state index contributed by atoms with van der Waals surface area (Å²) in [5, 5.41) is 13.8. The maximum atomic E-state index is 12.0. The Bertz CT molecular complexity index is 1010. The van der Waals surface area contributed by atoms with Crippen LogP contribution in [0.2, 0.25) is 0 Å². The third-order valence-electron chi connectivity index (χ3n) is 4.66. The van der Waals surface area contributed by atoms with E-state index >= 15 is 0 Å². The van der Waals surface area contributed by atoms with Crippen LogP contribution < -0.4 is 0 Å². The van der Waals surface area contributed by atoms with Crippen molar-refractivity contribution in [3.05, 3.63) is 65.4 Å². The van der Waals surface area contributed by atoms with Gasteiger partial charge in [-0.15, -0.1) is 5.10 Å². The molecule has 0 fully saturated rings. The van der Waals surface area contributed by atoms with Crippen LogP contribution >= 0.6 is 0 Å². The summed E-state index contributed by atoms with van der Waals surface area (Å²) in [6.45, 7) is 4.36. The minimum absolute atomic E-state index is 0.0692. The molecule has 1 aromatic carbocycles. The summed E-state index contributed by atoms with van der Waals surface area (Å²) in [4.78, 5) is 32.3. The predicted molar refractivity (Wildman–Crippen MR) is 109 cm³/mol. The lowest BCUT2D eigenvalue weighted by Gasteiger charge is -2.08. The minimum Gasteiger partial charge on any atom is -0.478 e. The van der Waals surface area contributed by atoms with Crippen molar-refractivity contribution in [1.29, 1.82) is 0 Å². The quantitative estimate of drug-likeness (QED) is 0.552. The van der Waals surface area contributed by atoms with Crippen LogP contribution in [0.5, 0.6) is 0 Å². The van der Waals surface area contributed by atoms with E-state index in [1.807, 2.05) is 6.07 Å². The number of Topliss-reactive ketones (excluding diaryl/α,β-unsaturated/α-hetero) is 1. The van der Waals surface area contributed by atoms with Gasteiger partial charge in [0, 0.05) is 24.6 Å². The van der Waals surface area contributed by atoms with Gasteiger partial charge in [-0.2, -0.15) is 0 Å². The summed E-state index contributed by atoms with van der Waals surface area (Å²) in [6.07, 6.45) is 4.85. The van der Waals surface area contributed by atoms with Crippen molar-refractivity contribution in [1.82, 2.24) is 19.7 Å². The van der Waals surface area contributed by atoms with Crippen molar-refractivity contribution in [2.45, 2.75) is 46.1 Å². The summed E-state index contributed by atoms with van der Waals surface area (Å²) in [7, 11) is 0. The highest BCUT2D eigenvalue weighted by Gasteiger charge is 2.16. The van der Waals surface area contributed by atoms with Gasteiger partial charge in [0.25, 0.3) is 0 Å². The molecular formula is C22H24N4O3. The zero-order valence-electron chi connectivity index (χ0n) is 16.6. The van der Waals surface area contributed by atoms with E-state index < -0.39 is 5.97 Å². The maximum Gasteiger partial charge on any atom is 0.336 e. The van der Waals surface area contributed by atoms with E-state index in [2.05, 4.69) is 22.0 Å². The van der Waals surface area contributed by atoms with Crippen LogP contribution in [0.4, 0.5) is 0 Å². The van der Waals surface area contributed by atoms with Crippen molar-refractivity contribution < 1.29 is 14.7 Å². The van der Waals surface area contributed by atoms with Gasteiger partial charge >= 0.3 is 5.97 Å². The van der Waals surface area contributed by atoms with Crippen LogP contribution in [0.15, 0.2) is 42.6 Å². The number of benzene rings is 1. The lowest BCUT2D eigenvalue weighted by atomic mass is 10.0. The number of hydrogen-bond acceptors (Lipinski definition) is 5. The molecule has 0 spiro atoms. The lowest BCUT2D eigenvalue weighted by molar-refractivity contribution is 0.0697. The van der Waals surface area contributed by atoms with Crippen molar-refractivity contribution in [3.63, 3.8) is 0 Å². The second kappa shape index (κ2) is 9.23. The fourth-order valence-corrected chi connectivity index (χ4v) is 3.04. The zero-order valence-corrected chi connectivity index (χ0v) is 16.6. The summed E-state index contributed by atoms with van der Waals surface area (Å²) < 4.78 is 1.76. The summed E-state index contributed by atoms with van der Waals surface area (Å²) in [5.74, 6) is 0.00513. The molecule has 0 unspecified atom stereocenters. The average Bonchev–Trinajstić information content (AvgIpc) is 3.14. The Kier molecular flexibility index (Phi) is 6.49. The number of ketones is 1. The third kappa shape index (κ3) is 4.74. The van der Waals surface area contributed by atoms with E-state index in [0.29, 0.717) is 24.2 Å². The molecule has 1 N–H and O–H groups in total. The molecule has 0 saturated heterocycles. The molecule has 0 aliphatic carbocycles. The van der Waals surface area contributed by atoms with Crippen LogP contribution in [0.1, 0.15) is 65.5 Å². The predicted octanol–water partition coefficient (Wildman–Crippen LogP) is 4.02. The topological polar surface area (TPSA) is 98.0 Å². The van der Waals surface area contributed by atoms with Gasteiger partial charge in [0.2, 0.25) is 11.6 Å². The van der Waals surface area contributed by atoms with Crippen molar-refractivity contribution in [3.8, 4) is 11.3 Å². The van der Waals surface area contributed by atoms with E-state index in [1.54, 1.807) is 48.1 Å². The Hall–Kier alpha value is -3.35. The van der Waals surface area contributed by atoms with Gasteiger partial charge < -0.3 is 5.11 Å². The van der Waals surface area contributed by atoms with Gasteiger partial charge in [0.05, 0.1) is 17.8 Å². The van der Waals surface area contributed by atoms with Gasteiger partial charge in [-0.3, -0.25) is 9.78 Å². The first-order valence-electron chi connectivity index (χ1n) is 9.78. The molecule has 2 aromatic heterocycles. The molecule has 0 aliphatic heterocycles.